The van der Waals surface area contributed by atoms with Gasteiger partial charge in [-0.3, -0.25) is 4.79 Å². The Labute approximate surface area is 163 Å². The predicted octanol–water partition coefficient (Wildman–Crippen LogP) is 3.25. The lowest BCUT2D eigenvalue weighted by atomic mass is 10.1. The number of hydrogen-bond acceptors (Lipinski definition) is 5. The molecule has 3 aromatic rings. The molecule has 0 N–H and O–H groups in total. The van der Waals surface area contributed by atoms with E-state index in [1.54, 1.807) is 9.58 Å². The Balaban J connectivity index is 1.63. The number of ether oxygens (including phenoxy) is 1. The van der Waals surface area contributed by atoms with E-state index in [4.69, 9.17) is 9.15 Å². The number of benzene rings is 1. The highest BCUT2D eigenvalue weighted by Gasteiger charge is 2.34. The average molecular weight is 380 g/mol. The number of amides is 1. The van der Waals surface area contributed by atoms with Crippen LogP contribution in [0.2, 0.25) is 0 Å². The van der Waals surface area contributed by atoms with E-state index in [2.05, 4.69) is 10.3 Å². The molecule has 146 valence electrons. The SMILES string of the molecule is CCc1ccc(C2COCCN2C(=O)c2nnn(-c3ccc(C)cc3)c2C)o1. The minimum absolute atomic E-state index is 0.154. The third-order valence-corrected chi connectivity index (χ3v) is 5.12. The van der Waals surface area contributed by atoms with Gasteiger partial charge in [-0.2, -0.15) is 0 Å². The van der Waals surface area contributed by atoms with E-state index in [9.17, 15) is 4.79 Å². The molecular formula is C21H24N4O3. The van der Waals surface area contributed by atoms with Crippen LogP contribution >= 0.6 is 0 Å². The summed E-state index contributed by atoms with van der Waals surface area (Å²) in [5.74, 6) is 1.49. The summed E-state index contributed by atoms with van der Waals surface area (Å²) in [4.78, 5) is 15.1. The van der Waals surface area contributed by atoms with Gasteiger partial charge in [0.2, 0.25) is 0 Å². The summed E-state index contributed by atoms with van der Waals surface area (Å²) in [6.07, 6.45) is 0.811. The Morgan fingerprint density at radius 1 is 1.18 bits per heavy atom. The van der Waals surface area contributed by atoms with Gasteiger partial charge in [-0.05, 0) is 38.1 Å². The number of rotatable bonds is 4. The molecule has 0 radical (unpaired) electrons. The van der Waals surface area contributed by atoms with Crippen LogP contribution in [0, 0.1) is 13.8 Å². The van der Waals surface area contributed by atoms with Gasteiger partial charge in [0.1, 0.15) is 17.6 Å². The standard InChI is InChI=1S/C21H24N4O3/c1-4-17-9-10-19(28-17)18-13-27-12-11-24(18)21(26)20-15(3)25(23-22-20)16-7-5-14(2)6-8-16/h5-10,18H,4,11-13H2,1-3H3. The van der Waals surface area contributed by atoms with Gasteiger partial charge in [-0.15, -0.1) is 5.10 Å². The molecule has 1 aliphatic rings. The quantitative estimate of drug-likeness (QED) is 0.695. The first kappa shape index (κ1) is 18.4. The third-order valence-electron chi connectivity index (χ3n) is 5.12. The monoisotopic (exact) mass is 380 g/mol. The molecule has 1 fully saturated rings. The molecule has 1 unspecified atom stereocenters. The fourth-order valence-corrected chi connectivity index (χ4v) is 3.44. The fraction of sp³-hybridized carbons (Fsp3) is 0.381. The van der Waals surface area contributed by atoms with Gasteiger partial charge >= 0.3 is 0 Å². The summed E-state index contributed by atoms with van der Waals surface area (Å²) < 4.78 is 13.2. The summed E-state index contributed by atoms with van der Waals surface area (Å²) in [5, 5.41) is 8.40. The maximum atomic E-state index is 13.3. The second-order valence-electron chi connectivity index (χ2n) is 7.02. The van der Waals surface area contributed by atoms with E-state index >= 15 is 0 Å². The smallest absolute Gasteiger partial charge is 0.277 e. The highest BCUT2D eigenvalue weighted by Crippen LogP contribution is 2.28. The molecule has 28 heavy (non-hydrogen) atoms. The maximum Gasteiger partial charge on any atom is 0.277 e. The second-order valence-corrected chi connectivity index (χ2v) is 7.02. The van der Waals surface area contributed by atoms with Crippen molar-refractivity contribution in [2.75, 3.05) is 19.8 Å². The molecule has 1 aromatic carbocycles. The topological polar surface area (TPSA) is 73.4 Å². The summed E-state index contributed by atoms with van der Waals surface area (Å²) in [7, 11) is 0. The van der Waals surface area contributed by atoms with Crippen molar-refractivity contribution in [2.45, 2.75) is 33.2 Å². The first-order valence-electron chi connectivity index (χ1n) is 9.55. The van der Waals surface area contributed by atoms with Crippen molar-refractivity contribution in [1.82, 2.24) is 19.9 Å². The van der Waals surface area contributed by atoms with Crippen LogP contribution in [0.5, 0.6) is 0 Å². The molecule has 7 nitrogen and oxygen atoms in total. The van der Waals surface area contributed by atoms with Gasteiger partial charge in [-0.1, -0.05) is 29.8 Å². The summed E-state index contributed by atoms with van der Waals surface area (Å²) in [6, 6.07) is 11.6. The molecule has 7 heteroatoms. The van der Waals surface area contributed by atoms with Crippen molar-refractivity contribution in [1.29, 1.82) is 0 Å². The van der Waals surface area contributed by atoms with Crippen LogP contribution < -0.4 is 0 Å². The molecule has 1 atom stereocenters. The minimum atomic E-state index is -0.259. The van der Waals surface area contributed by atoms with Crippen LogP contribution in [0.15, 0.2) is 40.8 Å². The molecule has 0 aliphatic carbocycles. The van der Waals surface area contributed by atoms with Crippen molar-refractivity contribution in [3.8, 4) is 5.69 Å². The Kier molecular flexibility index (Phi) is 5.00. The number of aryl methyl sites for hydroxylation is 2. The van der Waals surface area contributed by atoms with Crippen LogP contribution in [-0.4, -0.2) is 45.6 Å². The van der Waals surface area contributed by atoms with Crippen LogP contribution in [0.3, 0.4) is 0 Å². The van der Waals surface area contributed by atoms with Gasteiger partial charge in [0.05, 0.1) is 24.6 Å². The van der Waals surface area contributed by atoms with Gasteiger partial charge in [0, 0.05) is 13.0 Å². The van der Waals surface area contributed by atoms with Gasteiger partial charge < -0.3 is 14.1 Å². The zero-order valence-corrected chi connectivity index (χ0v) is 16.4. The number of morpholine rings is 1. The van der Waals surface area contributed by atoms with Gasteiger partial charge in [-0.25, -0.2) is 4.68 Å². The zero-order chi connectivity index (χ0) is 19.7. The van der Waals surface area contributed by atoms with Crippen molar-refractivity contribution in [2.24, 2.45) is 0 Å². The number of nitrogens with zero attached hydrogens (tertiary/aromatic N) is 4. The summed E-state index contributed by atoms with van der Waals surface area (Å²) in [5.41, 5.74) is 3.12. The molecule has 3 heterocycles. The molecule has 1 aliphatic heterocycles. The maximum absolute atomic E-state index is 13.3. The van der Waals surface area contributed by atoms with Crippen molar-refractivity contribution >= 4 is 5.91 Å². The Hall–Kier alpha value is -2.93. The van der Waals surface area contributed by atoms with E-state index in [1.807, 2.05) is 57.2 Å². The molecule has 0 saturated carbocycles. The number of hydrogen-bond donors (Lipinski definition) is 0. The summed E-state index contributed by atoms with van der Waals surface area (Å²) in [6.45, 7) is 7.33. The Bertz CT molecular complexity index is 974. The van der Waals surface area contributed by atoms with Crippen LogP contribution in [0.25, 0.3) is 5.69 Å². The average Bonchev–Trinajstić information content (AvgIpc) is 3.35. The molecule has 1 saturated heterocycles. The Morgan fingerprint density at radius 3 is 2.68 bits per heavy atom. The van der Waals surface area contributed by atoms with Crippen LogP contribution in [0.1, 0.15) is 46.2 Å². The van der Waals surface area contributed by atoms with Crippen LogP contribution in [-0.2, 0) is 11.2 Å². The Morgan fingerprint density at radius 2 is 1.96 bits per heavy atom. The van der Waals surface area contributed by atoms with E-state index in [0.717, 1.165) is 23.6 Å². The zero-order valence-electron chi connectivity index (χ0n) is 16.4. The predicted molar refractivity (Wildman–Crippen MR) is 104 cm³/mol. The van der Waals surface area contributed by atoms with Crippen molar-refractivity contribution < 1.29 is 13.9 Å². The normalized spacial score (nSPS) is 17.1. The first-order chi connectivity index (χ1) is 13.6. The van der Waals surface area contributed by atoms with E-state index in [1.165, 1.54) is 5.56 Å². The fourth-order valence-electron chi connectivity index (χ4n) is 3.44. The largest absolute Gasteiger partial charge is 0.464 e. The lowest BCUT2D eigenvalue weighted by Crippen LogP contribution is -2.43. The molecule has 2 aromatic heterocycles. The number of aromatic nitrogens is 3. The molecule has 4 rings (SSSR count). The van der Waals surface area contributed by atoms with Crippen molar-refractivity contribution in [3.05, 3.63) is 64.9 Å². The first-order valence-corrected chi connectivity index (χ1v) is 9.55. The number of carbonyl (C=O) groups excluding carboxylic acids is 1. The lowest BCUT2D eigenvalue weighted by Gasteiger charge is -2.34. The molecule has 0 spiro atoms. The van der Waals surface area contributed by atoms with Gasteiger partial charge in [0.15, 0.2) is 5.69 Å². The van der Waals surface area contributed by atoms with Gasteiger partial charge in [0.25, 0.3) is 5.91 Å². The van der Waals surface area contributed by atoms with E-state index < -0.39 is 0 Å². The van der Waals surface area contributed by atoms with Crippen molar-refractivity contribution in [3.63, 3.8) is 0 Å². The van der Waals surface area contributed by atoms with E-state index in [-0.39, 0.29) is 11.9 Å². The molecule has 1 amide bonds. The lowest BCUT2D eigenvalue weighted by molar-refractivity contribution is -0.00935. The van der Waals surface area contributed by atoms with E-state index in [0.29, 0.717) is 31.1 Å². The molecular weight excluding hydrogens is 356 g/mol. The highest BCUT2D eigenvalue weighted by molar-refractivity contribution is 5.93. The number of furan rings is 1. The minimum Gasteiger partial charge on any atom is -0.464 e. The second kappa shape index (κ2) is 7.59. The number of carbonyl (C=O) groups is 1. The third kappa shape index (κ3) is 3.33. The highest BCUT2D eigenvalue weighted by atomic mass is 16.5. The molecule has 0 bridgehead atoms. The summed E-state index contributed by atoms with van der Waals surface area (Å²) >= 11 is 0. The van der Waals surface area contributed by atoms with Crippen LogP contribution in [0.4, 0.5) is 0 Å².